The number of carbonyl (C=O) groups excluding carboxylic acids is 1. The van der Waals surface area contributed by atoms with Crippen LogP contribution >= 0.6 is 11.3 Å². The molecule has 2 aromatic rings. The van der Waals surface area contributed by atoms with Crippen LogP contribution < -0.4 is 5.32 Å². The van der Waals surface area contributed by atoms with Crippen molar-refractivity contribution in [2.24, 2.45) is 0 Å². The molecule has 0 aliphatic heterocycles. The minimum absolute atomic E-state index is 0.00929. The predicted molar refractivity (Wildman–Crippen MR) is 85.9 cm³/mol. The third-order valence-electron chi connectivity index (χ3n) is 3.40. The van der Waals surface area contributed by atoms with Crippen LogP contribution in [0.1, 0.15) is 27.5 Å². The second kappa shape index (κ2) is 6.74. The second-order valence-electron chi connectivity index (χ2n) is 5.27. The summed E-state index contributed by atoms with van der Waals surface area (Å²) in [4.78, 5) is 14.3. The van der Waals surface area contributed by atoms with Crippen LogP contribution in [0.2, 0.25) is 0 Å². The van der Waals surface area contributed by atoms with Crippen molar-refractivity contribution in [1.82, 2.24) is 10.2 Å². The number of carbonyl (C=O) groups is 1. The van der Waals surface area contributed by atoms with Gasteiger partial charge < -0.3 is 15.3 Å². The molecule has 112 valence electrons. The standard InChI is InChI=1S/C16H20N2O2S/c1-11-4-5-15(19)13(8-11)16(20)17-9-14(18(2)3)12-6-7-21-10-12/h4-8,10,14,19H,9H2,1-3H3,(H,17,20)/t14-/m0/s1. The van der Waals surface area contributed by atoms with Crippen LogP contribution in [-0.2, 0) is 0 Å². The Hall–Kier alpha value is -1.85. The van der Waals surface area contributed by atoms with Crippen LogP contribution in [0.25, 0.3) is 0 Å². The Morgan fingerprint density at radius 1 is 1.38 bits per heavy atom. The maximum absolute atomic E-state index is 12.2. The summed E-state index contributed by atoms with van der Waals surface area (Å²) in [6.07, 6.45) is 0. The van der Waals surface area contributed by atoms with E-state index in [9.17, 15) is 9.90 Å². The van der Waals surface area contributed by atoms with Crippen LogP contribution in [0.5, 0.6) is 5.75 Å². The minimum Gasteiger partial charge on any atom is -0.507 e. The molecule has 0 aliphatic carbocycles. The predicted octanol–water partition coefficient (Wildman–Crippen LogP) is 2.79. The second-order valence-corrected chi connectivity index (χ2v) is 6.05. The zero-order chi connectivity index (χ0) is 15.4. The smallest absolute Gasteiger partial charge is 0.255 e. The van der Waals surface area contributed by atoms with Crippen molar-refractivity contribution in [3.63, 3.8) is 0 Å². The third kappa shape index (κ3) is 3.83. The summed E-state index contributed by atoms with van der Waals surface area (Å²) >= 11 is 1.64. The number of nitrogens with one attached hydrogen (secondary N) is 1. The van der Waals surface area contributed by atoms with E-state index in [2.05, 4.69) is 21.7 Å². The number of hydrogen-bond acceptors (Lipinski definition) is 4. The summed E-state index contributed by atoms with van der Waals surface area (Å²) in [5.74, 6) is -0.242. The summed E-state index contributed by atoms with van der Waals surface area (Å²) in [7, 11) is 3.97. The maximum Gasteiger partial charge on any atom is 0.255 e. The lowest BCUT2D eigenvalue weighted by Crippen LogP contribution is -2.34. The van der Waals surface area contributed by atoms with Crippen molar-refractivity contribution in [3.05, 3.63) is 51.7 Å². The summed E-state index contributed by atoms with van der Waals surface area (Å²) in [5.41, 5.74) is 2.44. The van der Waals surface area contributed by atoms with Gasteiger partial charge in [0.05, 0.1) is 11.6 Å². The number of nitrogens with zero attached hydrogens (tertiary/aromatic N) is 1. The van der Waals surface area contributed by atoms with Gasteiger partial charge in [0.25, 0.3) is 5.91 Å². The lowest BCUT2D eigenvalue weighted by Gasteiger charge is -2.24. The van der Waals surface area contributed by atoms with E-state index in [1.54, 1.807) is 29.5 Å². The molecule has 0 fully saturated rings. The molecule has 0 spiro atoms. The SMILES string of the molecule is Cc1ccc(O)c(C(=O)NC[C@@H](c2ccsc2)N(C)C)c1. The normalized spacial score (nSPS) is 12.4. The number of thiophene rings is 1. The van der Waals surface area contributed by atoms with Crippen molar-refractivity contribution in [3.8, 4) is 5.75 Å². The largest absolute Gasteiger partial charge is 0.507 e. The number of rotatable bonds is 5. The van der Waals surface area contributed by atoms with Gasteiger partial charge in [0.15, 0.2) is 0 Å². The van der Waals surface area contributed by atoms with E-state index >= 15 is 0 Å². The highest BCUT2D eigenvalue weighted by atomic mass is 32.1. The molecule has 1 aromatic carbocycles. The lowest BCUT2D eigenvalue weighted by molar-refractivity contribution is 0.0939. The Morgan fingerprint density at radius 2 is 2.14 bits per heavy atom. The molecule has 1 aromatic heterocycles. The van der Waals surface area contributed by atoms with E-state index in [0.717, 1.165) is 5.56 Å². The van der Waals surface area contributed by atoms with Gasteiger partial charge >= 0.3 is 0 Å². The Morgan fingerprint density at radius 3 is 2.76 bits per heavy atom. The van der Waals surface area contributed by atoms with Crippen LogP contribution in [-0.4, -0.2) is 36.6 Å². The van der Waals surface area contributed by atoms with Crippen molar-refractivity contribution in [2.45, 2.75) is 13.0 Å². The number of phenols is 1. The average molecular weight is 304 g/mol. The van der Waals surface area contributed by atoms with Gasteiger partial charge in [-0.15, -0.1) is 0 Å². The molecule has 2 rings (SSSR count). The molecular formula is C16H20N2O2S. The number of likely N-dealkylation sites (N-methyl/N-ethyl adjacent to an activating group) is 1. The van der Waals surface area contributed by atoms with E-state index in [1.807, 2.05) is 26.4 Å². The van der Waals surface area contributed by atoms with E-state index < -0.39 is 0 Å². The van der Waals surface area contributed by atoms with Gasteiger partial charge in [-0.05, 0) is 55.5 Å². The van der Waals surface area contributed by atoms with Crippen molar-refractivity contribution < 1.29 is 9.90 Å². The fourth-order valence-electron chi connectivity index (χ4n) is 2.18. The molecule has 1 heterocycles. The highest BCUT2D eigenvalue weighted by Crippen LogP contribution is 2.21. The van der Waals surface area contributed by atoms with Crippen LogP contribution in [0.4, 0.5) is 0 Å². The molecule has 0 radical (unpaired) electrons. The number of benzene rings is 1. The average Bonchev–Trinajstić information content (AvgIpc) is 2.95. The van der Waals surface area contributed by atoms with Crippen molar-refractivity contribution in [2.75, 3.05) is 20.6 Å². The minimum atomic E-state index is -0.252. The van der Waals surface area contributed by atoms with Crippen molar-refractivity contribution in [1.29, 1.82) is 0 Å². The number of phenolic OH excluding ortho intramolecular Hbond substituents is 1. The first-order valence-corrected chi connectivity index (χ1v) is 7.69. The van der Waals surface area contributed by atoms with Gasteiger partial charge in [-0.1, -0.05) is 11.6 Å². The van der Waals surface area contributed by atoms with E-state index in [1.165, 1.54) is 5.56 Å². The van der Waals surface area contributed by atoms with Gasteiger partial charge in [0.1, 0.15) is 5.75 Å². The fraction of sp³-hybridized carbons (Fsp3) is 0.312. The van der Waals surface area contributed by atoms with Gasteiger partial charge in [-0.25, -0.2) is 0 Å². The molecule has 1 atom stereocenters. The van der Waals surface area contributed by atoms with Crippen LogP contribution in [0, 0.1) is 6.92 Å². The molecular weight excluding hydrogens is 284 g/mol. The fourth-order valence-corrected chi connectivity index (χ4v) is 2.89. The third-order valence-corrected chi connectivity index (χ3v) is 4.11. The molecule has 2 N–H and O–H groups in total. The van der Waals surface area contributed by atoms with Crippen molar-refractivity contribution >= 4 is 17.2 Å². The quantitative estimate of drug-likeness (QED) is 0.893. The Bertz CT molecular complexity index is 609. The number of hydrogen-bond donors (Lipinski definition) is 2. The zero-order valence-electron chi connectivity index (χ0n) is 12.5. The topological polar surface area (TPSA) is 52.6 Å². The number of aromatic hydroxyl groups is 1. The molecule has 0 saturated heterocycles. The molecule has 0 bridgehead atoms. The zero-order valence-corrected chi connectivity index (χ0v) is 13.3. The Labute approximate surface area is 129 Å². The van der Waals surface area contributed by atoms with Gasteiger partial charge in [0.2, 0.25) is 0 Å². The first kappa shape index (κ1) is 15.5. The first-order chi connectivity index (χ1) is 9.99. The molecule has 0 saturated carbocycles. The monoisotopic (exact) mass is 304 g/mol. The lowest BCUT2D eigenvalue weighted by atomic mass is 10.1. The number of aryl methyl sites for hydroxylation is 1. The molecule has 0 unspecified atom stereocenters. The molecule has 1 amide bonds. The molecule has 5 heteroatoms. The first-order valence-electron chi connectivity index (χ1n) is 6.75. The Balaban J connectivity index is 2.07. The van der Waals surface area contributed by atoms with Gasteiger partial charge in [-0.3, -0.25) is 4.79 Å². The summed E-state index contributed by atoms with van der Waals surface area (Å²) in [5, 5.41) is 16.8. The van der Waals surface area contributed by atoms with E-state index in [4.69, 9.17) is 0 Å². The van der Waals surface area contributed by atoms with E-state index in [0.29, 0.717) is 12.1 Å². The van der Waals surface area contributed by atoms with Gasteiger partial charge in [0, 0.05) is 6.54 Å². The summed E-state index contributed by atoms with van der Waals surface area (Å²) < 4.78 is 0. The molecule has 4 nitrogen and oxygen atoms in total. The highest BCUT2D eigenvalue weighted by Gasteiger charge is 2.17. The number of amides is 1. The molecule has 0 aliphatic rings. The summed E-state index contributed by atoms with van der Waals surface area (Å²) in [6, 6.07) is 7.20. The summed E-state index contributed by atoms with van der Waals surface area (Å²) in [6.45, 7) is 2.39. The maximum atomic E-state index is 12.2. The van der Waals surface area contributed by atoms with E-state index in [-0.39, 0.29) is 17.7 Å². The highest BCUT2D eigenvalue weighted by molar-refractivity contribution is 7.07. The Kier molecular flexibility index (Phi) is 4.98. The van der Waals surface area contributed by atoms with Crippen LogP contribution in [0.3, 0.4) is 0 Å². The van der Waals surface area contributed by atoms with Gasteiger partial charge in [-0.2, -0.15) is 11.3 Å². The van der Waals surface area contributed by atoms with Crippen LogP contribution in [0.15, 0.2) is 35.0 Å². The molecule has 21 heavy (non-hydrogen) atoms.